The van der Waals surface area contributed by atoms with E-state index in [-0.39, 0.29) is 5.41 Å². The number of fused-ring (bicyclic) bond motifs is 2. The normalized spacial score (nSPS) is 27.7. The first-order chi connectivity index (χ1) is 9.41. The third-order valence-corrected chi connectivity index (χ3v) is 4.86. The zero-order valence-corrected chi connectivity index (χ0v) is 13.4. The van der Waals surface area contributed by atoms with Crippen molar-refractivity contribution in [3.05, 3.63) is 29.8 Å². The van der Waals surface area contributed by atoms with Crippen LogP contribution in [0.1, 0.15) is 32.8 Å². The number of benzene rings is 1. The summed E-state index contributed by atoms with van der Waals surface area (Å²) in [6, 6.07) is 9.27. The van der Waals surface area contributed by atoms with Crippen LogP contribution in [0.3, 0.4) is 0 Å². The molecule has 2 saturated heterocycles. The zero-order valence-electron chi connectivity index (χ0n) is 13.4. The Bertz CT molecular complexity index is 439. The van der Waals surface area contributed by atoms with Crippen molar-refractivity contribution >= 4 is 5.69 Å². The molecule has 0 amide bonds. The van der Waals surface area contributed by atoms with Crippen molar-refractivity contribution in [2.75, 3.05) is 38.1 Å². The van der Waals surface area contributed by atoms with Crippen LogP contribution in [0, 0.1) is 11.8 Å². The lowest BCUT2D eigenvalue weighted by atomic mass is 9.84. The monoisotopic (exact) mass is 272 g/mol. The predicted molar refractivity (Wildman–Crippen MR) is 86.4 cm³/mol. The number of nitrogens with zero attached hydrogens (tertiary/aromatic N) is 2. The van der Waals surface area contributed by atoms with Gasteiger partial charge in [0.25, 0.3) is 0 Å². The Balaban J connectivity index is 1.74. The second-order valence-electron chi connectivity index (χ2n) is 7.89. The van der Waals surface area contributed by atoms with Crippen molar-refractivity contribution in [1.29, 1.82) is 0 Å². The minimum absolute atomic E-state index is 0.250. The fourth-order valence-corrected chi connectivity index (χ4v) is 3.92. The largest absolute Gasteiger partial charge is 0.371 e. The Kier molecular flexibility index (Phi) is 3.53. The summed E-state index contributed by atoms with van der Waals surface area (Å²) >= 11 is 0. The topological polar surface area (TPSA) is 6.48 Å². The number of piperidine rings is 2. The van der Waals surface area contributed by atoms with E-state index in [1.807, 2.05) is 0 Å². The molecule has 2 bridgehead atoms. The second-order valence-corrected chi connectivity index (χ2v) is 7.89. The standard InChI is InChI=1S/C18H28N2/c1-18(2,3)16-5-7-17(8-6-16)20-12-14-9-15(13-20)11-19(4)10-14/h5-8,14-15H,9-13H2,1-4H3. The average Bonchev–Trinajstić information content (AvgIpc) is 2.36. The van der Waals surface area contributed by atoms with Gasteiger partial charge in [0.15, 0.2) is 0 Å². The van der Waals surface area contributed by atoms with Gasteiger partial charge in [-0.15, -0.1) is 0 Å². The molecule has 0 aliphatic carbocycles. The molecule has 20 heavy (non-hydrogen) atoms. The quantitative estimate of drug-likeness (QED) is 0.773. The summed E-state index contributed by atoms with van der Waals surface area (Å²) in [6.07, 6.45) is 1.43. The number of anilines is 1. The van der Waals surface area contributed by atoms with Crippen LogP contribution in [0.4, 0.5) is 5.69 Å². The molecule has 0 radical (unpaired) electrons. The Labute approximate surface area is 123 Å². The summed E-state index contributed by atoms with van der Waals surface area (Å²) in [5, 5.41) is 0. The first-order valence-electron chi connectivity index (χ1n) is 7.96. The van der Waals surface area contributed by atoms with Gasteiger partial charge < -0.3 is 9.80 Å². The van der Waals surface area contributed by atoms with Gasteiger partial charge in [0, 0.05) is 31.9 Å². The summed E-state index contributed by atoms with van der Waals surface area (Å²) < 4.78 is 0. The maximum absolute atomic E-state index is 2.61. The molecule has 0 aromatic heterocycles. The Morgan fingerprint density at radius 1 is 0.900 bits per heavy atom. The van der Waals surface area contributed by atoms with Gasteiger partial charge in [-0.1, -0.05) is 32.9 Å². The molecule has 3 rings (SSSR count). The van der Waals surface area contributed by atoms with Gasteiger partial charge in [-0.3, -0.25) is 0 Å². The van der Waals surface area contributed by atoms with Crippen LogP contribution in [0.5, 0.6) is 0 Å². The molecule has 0 saturated carbocycles. The maximum Gasteiger partial charge on any atom is 0.0366 e. The molecule has 2 heterocycles. The molecule has 0 N–H and O–H groups in total. The van der Waals surface area contributed by atoms with E-state index in [9.17, 15) is 0 Å². The van der Waals surface area contributed by atoms with E-state index in [4.69, 9.17) is 0 Å². The highest BCUT2D eigenvalue weighted by Crippen LogP contribution is 2.32. The minimum Gasteiger partial charge on any atom is -0.371 e. The lowest BCUT2D eigenvalue weighted by Crippen LogP contribution is -2.51. The molecule has 1 aromatic carbocycles. The smallest absolute Gasteiger partial charge is 0.0366 e. The molecule has 1 aromatic rings. The molecule has 110 valence electrons. The van der Waals surface area contributed by atoms with Gasteiger partial charge >= 0.3 is 0 Å². The molecule has 2 atom stereocenters. The van der Waals surface area contributed by atoms with Crippen molar-refractivity contribution in [2.24, 2.45) is 11.8 Å². The van der Waals surface area contributed by atoms with E-state index in [0.717, 1.165) is 11.8 Å². The molecular weight excluding hydrogens is 244 g/mol. The summed E-state index contributed by atoms with van der Waals surface area (Å²) in [6.45, 7) is 11.8. The van der Waals surface area contributed by atoms with Crippen molar-refractivity contribution in [3.63, 3.8) is 0 Å². The molecule has 2 fully saturated rings. The van der Waals surface area contributed by atoms with E-state index in [0.29, 0.717) is 0 Å². The van der Waals surface area contributed by atoms with E-state index >= 15 is 0 Å². The third-order valence-electron chi connectivity index (χ3n) is 4.86. The highest BCUT2D eigenvalue weighted by Gasteiger charge is 2.32. The summed E-state index contributed by atoms with van der Waals surface area (Å²) in [7, 11) is 2.27. The van der Waals surface area contributed by atoms with Gasteiger partial charge in [-0.2, -0.15) is 0 Å². The lowest BCUT2D eigenvalue weighted by molar-refractivity contribution is 0.133. The maximum atomic E-state index is 2.61. The molecular formula is C18H28N2. The van der Waals surface area contributed by atoms with Crippen molar-refractivity contribution in [1.82, 2.24) is 4.90 Å². The molecule has 0 spiro atoms. The summed E-state index contributed by atoms with van der Waals surface area (Å²) in [5.41, 5.74) is 3.09. The van der Waals surface area contributed by atoms with Crippen molar-refractivity contribution in [3.8, 4) is 0 Å². The summed E-state index contributed by atoms with van der Waals surface area (Å²) in [4.78, 5) is 5.12. The van der Waals surface area contributed by atoms with E-state index in [1.165, 1.54) is 43.9 Å². The number of likely N-dealkylation sites (tertiary alicyclic amines) is 1. The molecule has 2 aliphatic rings. The fourth-order valence-electron chi connectivity index (χ4n) is 3.92. The van der Waals surface area contributed by atoms with Crippen LogP contribution < -0.4 is 4.90 Å². The van der Waals surface area contributed by atoms with Gasteiger partial charge in [-0.05, 0) is 48.4 Å². The van der Waals surface area contributed by atoms with Crippen LogP contribution in [0.25, 0.3) is 0 Å². The average molecular weight is 272 g/mol. The van der Waals surface area contributed by atoms with Crippen LogP contribution >= 0.6 is 0 Å². The van der Waals surface area contributed by atoms with Crippen molar-refractivity contribution < 1.29 is 0 Å². The van der Waals surface area contributed by atoms with Gasteiger partial charge in [-0.25, -0.2) is 0 Å². The van der Waals surface area contributed by atoms with E-state index < -0.39 is 0 Å². The van der Waals surface area contributed by atoms with Gasteiger partial charge in [0.05, 0.1) is 0 Å². The first-order valence-corrected chi connectivity index (χ1v) is 7.96. The zero-order chi connectivity index (χ0) is 14.3. The van der Waals surface area contributed by atoms with E-state index in [2.05, 4.69) is 61.9 Å². The first kappa shape index (κ1) is 13.9. The fraction of sp³-hybridized carbons (Fsp3) is 0.667. The Morgan fingerprint density at radius 3 is 1.95 bits per heavy atom. The third kappa shape index (κ3) is 2.85. The van der Waals surface area contributed by atoms with Crippen LogP contribution in [0.2, 0.25) is 0 Å². The van der Waals surface area contributed by atoms with Crippen molar-refractivity contribution in [2.45, 2.75) is 32.6 Å². The Hall–Kier alpha value is -1.02. The predicted octanol–water partition coefficient (Wildman–Crippen LogP) is 3.37. The number of hydrogen-bond donors (Lipinski definition) is 0. The van der Waals surface area contributed by atoms with Crippen LogP contribution in [-0.2, 0) is 5.41 Å². The van der Waals surface area contributed by atoms with Crippen LogP contribution in [-0.4, -0.2) is 38.1 Å². The molecule has 2 nitrogen and oxygen atoms in total. The Morgan fingerprint density at radius 2 is 1.45 bits per heavy atom. The van der Waals surface area contributed by atoms with Crippen LogP contribution in [0.15, 0.2) is 24.3 Å². The number of hydrogen-bond acceptors (Lipinski definition) is 2. The minimum atomic E-state index is 0.250. The molecule has 2 heteroatoms. The highest BCUT2D eigenvalue weighted by atomic mass is 15.2. The van der Waals surface area contributed by atoms with E-state index in [1.54, 1.807) is 0 Å². The molecule has 2 unspecified atom stereocenters. The highest BCUT2D eigenvalue weighted by molar-refractivity contribution is 5.49. The van der Waals surface area contributed by atoms with Gasteiger partial charge in [0.1, 0.15) is 0 Å². The lowest BCUT2D eigenvalue weighted by Gasteiger charge is -2.45. The van der Waals surface area contributed by atoms with Gasteiger partial charge in [0.2, 0.25) is 0 Å². The second kappa shape index (κ2) is 5.07. The molecule has 2 aliphatic heterocycles. The number of rotatable bonds is 1. The summed E-state index contributed by atoms with van der Waals surface area (Å²) in [5.74, 6) is 1.71. The SMILES string of the molecule is CN1CC2CC(C1)CN(c1ccc(C(C)(C)C)cc1)C2.